The van der Waals surface area contributed by atoms with Crippen LogP contribution in [-0.2, 0) is 11.2 Å². The van der Waals surface area contributed by atoms with E-state index in [0.717, 1.165) is 18.3 Å². The Morgan fingerprint density at radius 3 is 2.69 bits per heavy atom. The summed E-state index contributed by atoms with van der Waals surface area (Å²) in [5, 5.41) is 0. The van der Waals surface area contributed by atoms with Crippen LogP contribution < -0.4 is 0 Å². The van der Waals surface area contributed by atoms with Gasteiger partial charge in [-0.1, -0.05) is 26.0 Å². The average Bonchev–Trinajstić information content (AvgIpc) is 2.16. The molecule has 13 heavy (non-hydrogen) atoms. The fraction of sp³-hybridized carbons (Fsp3) is 0.364. The zero-order chi connectivity index (χ0) is 9.84. The summed E-state index contributed by atoms with van der Waals surface area (Å²) in [5.41, 5.74) is 2.46. The first-order chi connectivity index (χ1) is 6.19. The van der Waals surface area contributed by atoms with E-state index in [2.05, 4.69) is 41.6 Å². The van der Waals surface area contributed by atoms with E-state index in [1.165, 1.54) is 9.13 Å². The maximum absolute atomic E-state index is 10.6. The second-order valence-electron chi connectivity index (χ2n) is 3.13. The van der Waals surface area contributed by atoms with Crippen molar-refractivity contribution >= 4 is 28.9 Å². The van der Waals surface area contributed by atoms with Crippen LogP contribution in [0.15, 0.2) is 18.2 Å². The molecule has 1 nitrogen and oxygen atoms in total. The number of rotatable bonds is 3. The van der Waals surface area contributed by atoms with E-state index >= 15 is 0 Å². The highest BCUT2D eigenvalue weighted by Crippen LogP contribution is 2.19. The molecule has 1 aromatic rings. The largest absolute Gasteiger partial charge is 0.303 e. The molecule has 0 saturated heterocycles. The lowest BCUT2D eigenvalue weighted by atomic mass is 10.0. The molecule has 0 aliphatic heterocycles. The molecule has 2 heteroatoms. The lowest BCUT2D eigenvalue weighted by Crippen LogP contribution is -1.96. The Morgan fingerprint density at radius 1 is 1.54 bits per heavy atom. The van der Waals surface area contributed by atoms with Crippen LogP contribution in [0.3, 0.4) is 0 Å². The molecule has 1 atom stereocenters. The molecule has 0 spiro atoms. The third-order valence-corrected chi connectivity index (χ3v) is 3.19. The van der Waals surface area contributed by atoms with Gasteiger partial charge in [0.2, 0.25) is 0 Å². The molecule has 0 bridgehead atoms. The topological polar surface area (TPSA) is 17.1 Å². The number of benzene rings is 1. The van der Waals surface area contributed by atoms with Gasteiger partial charge in [-0.2, -0.15) is 0 Å². The minimum Gasteiger partial charge on any atom is -0.303 e. The standard InChI is InChI=1S/C11H13IO/c1-3-9-4-5-10(6-11(9)12)8(2)7-13/h4-8H,3H2,1-2H3. The maximum Gasteiger partial charge on any atom is 0.127 e. The van der Waals surface area contributed by atoms with E-state index in [9.17, 15) is 4.79 Å². The Morgan fingerprint density at radius 2 is 2.23 bits per heavy atom. The second kappa shape index (κ2) is 4.74. The number of carbonyl (C=O) groups excluding carboxylic acids is 1. The van der Waals surface area contributed by atoms with Crippen molar-refractivity contribution in [3.05, 3.63) is 32.9 Å². The molecule has 1 rings (SSSR count). The summed E-state index contributed by atoms with van der Waals surface area (Å²) in [4.78, 5) is 10.6. The molecule has 1 unspecified atom stereocenters. The summed E-state index contributed by atoms with van der Waals surface area (Å²) >= 11 is 2.32. The molecular formula is C11H13IO. The van der Waals surface area contributed by atoms with Gasteiger partial charge in [0.05, 0.1) is 0 Å². The molecule has 0 heterocycles. The number of carbonyl (C=O) groups is 1. The van der Waals surface area contributed by atoms with Crippen LogP contribution in [0.25, 0.3) is 0 Å². The molecule has 0 N–H and O–H groups in total. The fourth-order valence-corrected chi connectivity index (χ4v) is 2.13. The van der Waals surface area contributed by atoms with E-state index in [4.69, 9.17) is 0 Å². The smallest absolute Gasteiger partial charge is 0.127 e. The minimum absolute atomic E-state index is 0.0134. The summed E-state index contributed by atoms with van der Waals surface area (Å²) in [6, 6.07) is 6.25. The summed E-state index contributed by atoms with van der Waals surface area (Å²) in [7, 11) is 0. The molecular weight excluding hydrogens is 275 g/mol. The Balaban J connectivity index is 3.02. The predicted molar refractivity (Wildman–Crippen MR) is 63.0 cm³/mol. The number of halogens is 1. The summed E-state index contributed by atoms with van der Waals surface area (Å²) in [6.07, 6.45) is 2.03. The van der Waals surface area contributed by atoms with Gasteiger partial charge >= 0.3 is 0 Å². The first-order valence-corrected chi connectivity index (χ1v) is 5.50. The fourth-order valence-electron chi connectivity index (χ4n) is 1.21. The first-order valence-electron chi connectivity index (χ1n) is 4.42. The van der Waals surface area contributed by atoms with Crippen molar-refractivity contribution < 1.29 is 4.79 Å². The van der Waals surface area contributed by atoms with E-state index in [-0.39, 0.29) is 5.92 Å². The SMILES string of the molecule is CCc1ccc(C(C)C=O)cc1I. The summed E-state index contributed by atoms with van der Waals surface area (Å²) in [6.45, 7) is 4.06. The highest BCUT2D eigenvalue weighted by molar-refractivity contribution is 14.1. The summed E-state index contributed by atoms with van der Waals surface area (Å²) < 4.78 is 1.26. The zero-order valence-electron chi connectivity index (χ0n) is 7.88. The quantitative estimate of drug-likeness (QED) is 0.617. The van der Waals surface area contributed by atoms with Crippen molar-refractivity contribution in [3.8, 4) is 0 Å². The molecule has 0 fully saturated rings. The Hall–Kier alpha value is -0.380. The molecule has 0 aliphatic carbocycles. The molecule has 1 aromatic carbocycles. The van der Waals surface area contributed by atoms with Crippen molar-refractivity contribution in [1.29, 1.82) is 0 Å². The Kier molecular flexibility index (Phi) is 3.90. The molecule has 0 radical (unpaired) electrons. The van der Waals surface area contributed by atoms with Crippen LogP contribution in [0.5, 0.6) is 0 Å². The third kappa shape index (κ3) is 2.53. The molecule has 70 valence electrons. The molecule has 0 saturated carbocycles. The first kappa shape index (κ1) is 10.7. The van der Waals surface area contributed by atoms with Gasteiger partial charge in [0.1, 0.15) is 6.29 Å². The van der Waals surface area contributed by atoms with E-state index in [1.54, 1.807) is 0 Å². The van der Waals surface area contributed by atoms with E-state index < -0.39 is 0 Å². The second-order valence-corrected chi connectivity index (χ2v) is 4.29. The van der Waals surface area contributed by atoms with Crippen molar-refractivity contribution in [2.45, 2.75) is 26.2 Å². The molecule has 0 aromatic heterocycles. The maximum atomic E-state index is 10.6. The van der Waals surface area contributed by atoms with Gasteiger partial charge in [-0.25, -0.2) is 0 Å². The monoisotopic (exact) mass is 288 g/mol. The minimum atomic E-state index is 0.0134. The van der Waals surface area contributed by atoms with Gasteiger partial charge in [0.25, 0.3) is 0 Å². The van der Waals surface area contributed by atoms with Crippen LogP contribution in [-0.4, -0.2) is 6.29 Å². The van der Waals surface area contributed by atoms with Crippen LogP contribution in [0, 0.1) is 3.57 Å². The molecule has 0 aliphatic rings. The van der Waals surface area contributed by atoms with Gasteiger partial charge in [-0.15, -0.1) is 0 Å². The van der Waals surface area contributed by atoms with Crippen molar-refractivity contribution in [2.75, 3.05) is 0 Å². The highest BCUT2D eigenvalue weighted by Gasteiger charge is 2.05. The van der Waals surface area contributed by atoms with Crippen LogP contribution >= 0.6 is 22.6 Å². The predicted octanol–water partition coefficient (Wildman–Crippen LogP) is 3.16. The Bertz CT molecular complexity index is 307. The van der Waals surface area contributed by atoms with Crippen LogP contribution in [0.2, 0.25) is 0 Å². The lowest BCUT2D eigenvalue weighted by Gasteiger charge is -2.07. The van der Waals surface area contributed by atoms with Crippen LogP contribution in [0.1, 0.15) is 30.9 Å². The van der Waals surface area contributed by atoms with Crippen LogP contribution in [0.4, 0.5) is 0 Å². The van der Waals surface area contributed by atoms with Crippen molar-refractivity contribution in [3.63, 3.8) is 0 Å². The van der Waals surface area contributed by atoms with Gasteiger partial charge in [0, 0.05) is 9.49 Å². The van der Waals surface area contributed by atoms with Gasteiger partial charge in [0.15, 0.2) is 0 Å². The summed E-state index contributed by atoms with van der Waals surface area (Å²) in [5.74, 6) is 0.0134. The van der Waals surface area contributed by atoms with E-state index in [1.807, 2.05) is 13.0 Å². The number of hydrogen-bond acceptors (Lipinski definition) is 1. The van der Waals surface area contributed by atoms with Gasteiger partial charge in [-0.3, -0.25) is 0 Å². The number of aldehydes is 1. The Labute approximate surface area is 92.7 Å². The van der Waals surface area contributed by atoms with E-state index in [0.29, 0.717) is 0 Å². The normalized spacial score (nSPS) is 12.5. The molecule has 0 amide bonds. The van der Waals surface area contributed by atoms with Gasteiger partial charge < -0.3 is 4.79 Å². The zero-order valence-corrected chi connectivity index (χ0v) is 10.0. The average molecular weight is 288 g/mol. The number of hydrogen-bond donors (Lipinski definition) is 0. The van der Waals surface area contributed by atoms with Crippen molar-refractivity contribution in [1.82, 2.24) is 0 Å². The number of aryl methyl sites for hydroxylation is 1. The van der Waals surface area contributed by atoms with Gasteiger partial charge in [-0.05, 0) is 46.2 Å². The highest BCUT2D eigenvalue weighted by atomic mass is 127. The lowest BCUT2D eigenvalue weighted by molar-refractivity contribution is -0.108. The third-order valence-electron chi connectivity index (χ3n) is 2.19. The van der Waals surface area contributed by atoms with Crippen molar-refractivity contribution in [2.24, 2.45) is 0 Å².